The van der Waals surface area contributed by atoms with E-state index in [1.807, 2.05) is 30.3 Å². The molecule has 46 heavy (non-hydrogen) atoms. The van der Waals surface area contributed by atoms with E-state index in [1.54, 1.807) is 50.2 Å². The normalized spacial score (nSPS) is 11.9. The number of nitro benzene ring substituents is 1. The lowest BCUT2D eigenvalue weighted by molar-refractivity contribution is -0.384. The van der Waals surface area contributed by atoms with Crippen molar-refractivity contribution in [2.75, 3.05) is 10.8 Å². The summed E-state index contributed by atoms with van der Waals surface area (Å²) in [6, 6.07) is 25.1. The number of halogens is 2. The molecule has 4 rings (SSSR count). The topological polar surface area (TPSA) is 130 Å². The van der Waals surface area contributed by atoms with Gasteiger partial charge in [0.25, 0.3) is 15.7 Å². The van der Waals surface area contributed by atoms with Gasteiger partial charge in [0.15, 0.2) is 0 Å². The summed E-state index contributed by atoms with van der Waals surface area (Å²) in [6.45, 7) is 2.78. The second-order valence-corrected chi connectivity index (χ2v) is 13.4. The number of nitrogens with one attached hydrogen (secondary N) is 1. The predicted molar refractivity (Wildman–Crippen MR) is 178 cm³/mol. The number of rotatable bonds is 13. The standard InChI is InChI=1S/C33H32Cl2N4O6S/c1-23(2)36-33(41)31(20-24-9-5-3-6-10-24)37(21-25-13-18-29(34)30(35)19-25)32(40)22-38(26-14-16-27(17-15-26)39(42)43)46(44,45)28-11-7-4-8-12-28/h3-19,23,31H,20-22H2,1-2H3,(H,36,41)/t31-/m0/s1. The number of anilines is 1. The van der Waals surface area contributed by atoms with Crippen molar-refractivity contribution in [3.63, 3.8) is 0 Å². The first kappa shape index (κ1) is 34.4. The minimum absolute atomic E-state index is 0.0310. The summed E-state index contributed by atoms with van der Waals surface area (Å²) >= 11 is 12.4. The zero-order valence-electron chi connectivity index (χ0n) is 25.0. The molecule has 0 bridgehead atoms. The van der Waals surface area contributed by atoms with Crippen molar-refractivity contribution in [1.29, 1.82) is 0 Å². The van der Waals surface area contributed by atoms with E-state index < -0.39 is 39.3 Å². The second-order valence-electron chi connectivity index (χ2n) is 10.7. The third-order valence-electron chi connectivity index (χ3n) is 7.00. The van der Waals surface area contributed by atoms with Crippen LogP contribution in [0.3, 0.4) is 0 Å². The van der Waals surface area contributed by atoms with E-state index in [0.717, 1.165) is 22.0 Å². The highest BCUT2D eigenvalue weighted by Crippen LogP contribution is 2.28. The van der Waals surface area contributed by atoms with Gasteiger partial charge in [-0.25, -0.2) is 8.42 Å². The third-order valence-corrected chi connectivity index (χ3v) is 9.52. The molecule has 1 N–H and O–H groups in total. The highest BCUT2D eigenvalue weighted by atomic mass is 35.5. The molecule has 0 saturated carbocycles. The van der Waals surface area contributed by atoms with Crippen LogP contribution in [-0.4, -0.2) is 48.7 Å². The maximum Gasteiger partial charge on any atom is 0.269 e. The van der Waals surface area contributed by atoms with Gasteiger partial charge in [0.2, 0.25) is 11.8 Å². The summed E-state index contributed by atoms with van der Waals surface area (Å²) in [5, 5.41) is 14.7. The smallest absolute Gasteiger partial charge is 0.269 e. The number of benzene rings is 4. The first-order valence-corrected chi connectivity index (χ1v) is 16.5. The summed E-state index contributed by atoms with van der Waals surface area (Å²) in [7, 11) is -4.35. The van der Waals surface area contributed by atoms with Crippen LogP contribution in [-0.2, 0) is 32.6 Å². The number of hydrogen-bond donors (Lipinski definition) is 1. The Morgan fingerprint density at radius 3 is 2.02 bits per heavy atom. The summed E-state index contributed by atoms with van der Waals surface area (Å²) in [6.07, 6.45) is 0.134. The number of amides is 2. The van der Waals surface area contributed by atoms with Gasteiger partial charge in [-0.2, -0.15) is 0 Å². The highest BCUT2D eigenvalue weighted by Gasteiger charge is 2.35. The molecule has 4 aromatic carbocycles. The van der Waals surface area contributed by atoms with E-state index in [2.05, 4.69) is 5.32 Å². The van der Waals surface area contributed by atoms with E-state index in [4.69, 9.17) is 23.2 Å². The Kier molecular flexibility index (Phi) is 11.4. The second kappa shape index (κ2) is 15.2. The number of sulfonamides is 1. The first-order chi connectivity index (χ1) is 21.9. The van der Waals surface area contributed by atoms with Crippen LogP contribution in [0, 0.1) is 10.1 Å². The van der Waals surface area contributed by atoms with Crippen molar-refractivity contribution in [2.45, 2.75) is 43.8 Å². The fourth-order valence-corrected chi connectivity index (χ4v) is 6.51. The Balaban J connectivity index is 1.82. The molecule has 0 saturated heterocycles. The molecule has 1 atom stereocenters. The van der Waals surface area contributed by atoms with Crippen molar-refractivity contribution < 1.29 is 22.9 Å². The van der Waals surface area contributed by atoms with Crippen LogP contribution in [0.2, 0.25) is 10.0 Å². The minimum atomic E-state index is -4.35. The number of non-ortho nitro benzene ring substituents is 1. The summed E-state index contributed by atoms with van der Waals surface area (Å²) in [5.41, 5.74) is 1.12. The van der Waals surface area contributed by atoms with Crippen molar-refractivity contribution in [3.05, 3.63) is 134 Å². The van der Waals surface area contributed by atoms with Gasteiger partial charge in [0.1, 0.15) is 12.6 Å². The van der Waals surface area contributed by atoms with Crippen molar-refractivity contribution in [1.82, 2.24) is 10.2 Å². The number of carbonyl (C=O) groups is 2. The Bertz CT molecular complexity index is 1790. The molecule has 4 aromatic rings. The fourth-order valence-electron chi connectivity index (χ4n) is 4.76. The van der Waals surface area contributed by atoms with E-state index in [0.29, 0.717) is 10.6 Å². The van der Waals surface area contributed by atoms with Gasteiger partial charge in [0.05, 0.1) is 25.6 Å². The summed E-state index contributed by atoms with van der Waals surface area (Å²) in [4.78, 5) is 40.1. The molecule has 0 aliphatic carbocycles. The zero-order valence-corrected chi connectivity index (χ0v) is 27.4. The van der Waals surface area contributed by atoms with Crippen LogP contribution < -0.4 is 9.62 Å². The Labute approximate surface area is 277 Å². The Morgan fingerprint density at radius 2 is 1.46 bits per heavy atom. The summed E-state index contributed by atoms with van der Waals surface area (Å²) < 4.78 is 28.9. The largest absolute Gasteiger partial charge is 0.352 e. The molecular weight excluding hydrogens is 651 g/mol. The fraction of sp³-hybridized carbons (Fsp3) is 0.212. The third kappa shape index (κ3) is 8.63. The number of hydrogen-bond acceptors (Lipinski definition) is 6. The number of nitrogens with zero attached hydrogens (tertiary/aromatic N) is 3. The van der Waals surface area contributed by atoms with Gasteiger partial charge < -0.3 is 10.2 Å². The molecule has 0 aliphatic heterocycles. The number of nitro groups is 1. The lowest BCUT2D eigenvalue weighted by atomic mass is 10.0. The van der Waals surface area contributed by atoms with Crippen molar-refractivity contribution in [2.24, 2.45) is 0 Å². The van der Waals surface area contributed by atoms with Gasteiger partial charge in [-0.15, -0.1) is 0 Å². The average molecular weight is 684 g/mol. The van der Waals surface area contributed by atoms with Crippen molar-refractivity contribution >= 4 is 56.4 Å². The van der Waals surface area contributed by atoms with E-state index in [-0.39, 0.29) is 40.3 Å². The minimum Gasteiger partial charge on any atom is -0.352 e. The zero-order chi connectivity index (χ0) is 33.4. The highest BCUT2D eigenvalue weighted by molar-refractivity contribution is 7.92. The summed E-state index contributed by atoms with van der Waals surface area (Å²) in [5.74, 6) is -1.12. The molecule has 240 valence electrons. The molecule has 0 spiro atoms. The maximum atomic E-state index is 14.4. The van der Waals surface area contributed by atoms with Crippen LogP contribution in [0.15, 0.2) is 108 Å². The Hall–Kier alpha value is -4.45. The van der Waals surface area contributed by atoms with E-state index >= 15 is 0 Å². The maximum absolute atomic E-state index is 14.4. The van der Waals surface area contributed by atoms with Gasteiger partial charge in [0, 0.05) is 31.1 Å². The molecule has 0 aromatic heterocycles. The van der Waals surface area contributed by atoms with Crippen molar-refractivity contribution in [3.8, 4) is 0 Å². The first-order valence-electron chi connectivity index (χ1n) is 14.3. The molecule has 0 heterocycles. The van der Waals surface area contributed by atoms with Crippen LogP contribution in [0.25, 0.3) is 0 Å². The van der Waals surface area contributed by atoms with Gasteiger partial charge in [-0.1, -0.05) is 77.8 Å². The molecule has 10 nitrogen and oxygen atoms in total. The number of carbonyl (C=O) groups excluding carboxylic acids is 2. The van der Waals surface area contributed by atoms with Crippen LogP contribution in [0.1, 0.15) is 25.0 Å². The molecule has 0 fully saturated rings. The van der Waals surface area contributed by atoms with E-state index in [9.17, 15) is 28.1 Å². The SMILES string of the molecule is CC(C)NC(=O)[C@H](Cc1ccccc1)N(Cc1ccc(Cl)c(Cl)c1)C(=O)CN(c1ccc([N+](=O)[O-])cc1)S(=O)(=O)c1ccccc1. The quantitative estimate of drug-likeness (QED) is 0.131. The monoisotopic (exact) mass is 682 g/mol. The van der Waals surface area contributed by atoms with Gasteiger partial charge >= 0.3 is 0 Å². The predicted octanol–water partition coefficient (Wildman–Crippen LogP) is 6.26. The molecular formula is C33H32Cl2N4O6S. The van der Waals surface area contributed by atoms with Gasteiger partial charge in [-0.3, -0.25) is 24.0 Å². The van der Waals surface area contributed by atoms with Crippen LogP contribution in [0.5, 0.6) is 0 Å². The Morgan fingerprint density at radius 1 is 0.848 bits per heavy atom. The van der Waals surface area contributed by atoms with Gasteiger partial charge in [-0.05, 0) is 61.4 Å². The molecule has 13 heteroatoms. The lowest BCUT2D eigenvalue weighted by Gasteiger charge is -2.34. The molecule has 0 aliphatic rings. The molecule has 0 unspecified atom stereocenters. The molecule has 2 amide bonds. The van der Waals surface area contributed by atoms with E-state index in [1.165, 1.54) is 29.2 Å². The molecule has 0 radical (unpaired) electrons. The van der Waals surface area contributed by atoms with Crippen LogP contribution >= 0.6 is 23.2 Å². The lowest BCUT2D eigenvalue weighted by Crippen LogP contribution is -2.54. The van der Waals surface area contributed by atoms with Crippen LogP contribution in [0.4, 0.5) is 11.4 Å². The average Bonchev–Trinajstić information content (AvgIpc) is 3.03.